The summed E-state index contributed by atoms with van der Waals surface area (Å²) in [5.41, 5.74) is 0.635. The molecule has 0 radical (unpaired) electrons. The molecule has 3 atom stereocenters. The Balaban J connectivity index is 2.09. The fourth-order valence-corrected chi connectivity index (χ4v) is 5.04. The van der Waals surface area contributed by atoms with Crippen molar-refractivity contribution in [1.29, 1.82) is 0 Å². The number of carbonyl (C=O) groups excluding carboxylic acids is 2. The minimum absolute atomic E-state index is 0.0169. The first kappa shape index (κ1) is 26.0. The number of nitrogens with zero attached hydrogens (tertiary/aromatic N) is 1. The van der Waals surface area contributed by atoms with Crippen LogP contribution in [-0.4, -0.2) is 54.7 Å². The van der Waals surface area contributed by atoms with Crippen molar-refractivity contribution in [2.75, 3.05) is 6.54 Å². The van der Waals surface area contributed by atoms with Crippen LogP contribution in [0.5, 0.6) is 0 Å². The maximum Gasteiger partial charge on any atom is 0.305 e. The minimum atomic E-state index is -2.22. The number of rotatable bonds is 9. The Labute approximate surface area is 192 Å². The van der Waals surface area contributed by atoms with Crippen molar-refractivity contribution in [2.24, 2.45) is 5.92 Å². The van der Waals surface area contributed by atoms with Gasteiger partial charge in [-0.05, 0) is 48.7 Å². The molecule has 1 heterocycles. The van der Waals surface area contributed by atoms with Crippen molar-refractivity contribution in [3.8, 4) is 0 Å². The Morgan fingerprint density at radius 1 is 1.19 bits per heavy atom. The number of likely N-dealkylation sites (tertiary alicyclic amines) is 1. The zero-order chi connectivity index (χ0) is 24.1. The minimum Gasteiger partial charge on any atom is -0.481 e. The summed E-state index contributed by atoms with van der Waals surface area (Å²) in [5, 5.41) is 9.22. The number of carboxylic acid groups (broad SMARTS) is 1. The number of carbonyl (C=O) groups is 3. The molecule has 2 rings (SSSR count). The van der Waals surface area contributed by atoms with Gasteiger partial charge >= 0.3 is 5.97 Å². The molecule has 1 N–H and O–H groups in total. The molecule has 1 saturated heterocycles. The first-order valence-corrected chi connectivity index (χ1v) is 14.2. The van der Waals surface area contributed by atoms with E-state index in [0.29, 0.717) is 12.1 Å². The fraction of sp³-hybridized carbons (Fsp3) is 0.560. The van der Waals surface area contributed by atoms with E-state index in [4.69, 9.17) is 4.43 Å². The molecular formula is C25H37NO5Si. The molecule has 1 aromatic carbocycles. The van der Waals surface area contributed by atoms with E-state index in [1.54, 1.807) is 18.2 Å². The van der Waals surface area contributed by atoms with Crippen LogP contribution < -0.4 is 0 Å². The summed E-state index contributed by atoms with van der Waals surface area (Å²) < 4.78 is 6.23. The molecule has 1 aliphatic rings. The van der Waals surface area contributed by atoms with E-state index in [2.05, 4.69) is 40.8 Å². The Morgan fingerprint density at radius 3 is 2.38 bits per heavy atom. The van der Waals surface area contributed by atoms with Crippen LogP contribution >= 0.6 is 0 Å². The van der Waals surface area contributed by atoms with Crippen LogP contribution in [0.15, 0.2) is 42.5 Å². The second kappa shape index (κ2) is 10.6. The molecule has 32 heavy (non-hydrogen) atoms. The van der Waals surface area contributed by atoms with Gasteiger partial charge in [-0.15, -0.1) is 0 Å². The highest BCUT2D eigenvalue weighted by atomic mass is 28.4. The van der Waals surface area contributed by atoms with Crippen LogP contribution in [0.2, 0.25) is 18.1 Å². The number of carboxylic acids is 1. The first-order chi connectivity index (χ1) is 14.8. The maximum atomic E-state index is 12.9. The number of hydrogen-bond acceptors (Lipinski definition) is 4. The topological polar surface area (TPSA) is 83.9 Å². The van der Waals surface area contributed by atoms with Gasteiger partial charge in [-0.2, -0.15) is 0 Å². The third kappa shape index (κ3) is 6.87. The maximum absolute atomic E-state index is 12.9. The molecule has 0 bridgehead atoms. The summed E-state index contributed by atoms with van der Waals surface area (Å²) >= 11 is 0. The molecule has 1 amide bonds. The van der Waals surface area contributed by atoms with Gasteiger partial charge in [-0.1, -0.05) is 52.0 Å². The number of amides is 1. The van der Waals surface area contributed by atoms with Crippen molar-refractivity contribution < 1.29 is 23.9 Å². The normalized spacial score (nSPS) is 20.5. The SMILES string of the molecule is C[C@H]1CCN(C(=O)c2ccccc2)[C@@H]1C=CC(=O)C[C@H](CC(=O)O)O[Si](C)(C)C(C)(C)C. The Morgan fingerprint density at radius 2 is 1.81 bits per heavy atom. The second-order valence-electron chi connectivity index (χ2n) is 10.2. The third-order valence-electron chi connectivity index (χ3n) is 6.63. The first-order valence-electron chi connectivity index (χ1n) is 11.3. The Kier molecular flexibility index (Phi) is 8.59. The molecule has 1 aromatic rings. The highest BCUT2D eigenvalue weighted by Gasteiger charge is 2.40. The van der Waals surface area contributed by atoms with E-state index < -0.39 is 20.4 Å². The predicted octanol–water partition coefficient (Wildman–Crippen LogP) is 4.92. The van der Waals surface area contributed by atoms with Gasteiger partial charge < -0.3 is 14.4 Å². The van der Waals surface area contributed by atoms with Gasteiger partial charge in [0.1, 0.15) is 0 Å². The summed E-state index contributed by atoms with van der Waals surface area (Å²) in [7, 11) is -2.22. The molecule has 7 heteroatoms. The average Bonchev–Trinajstić information content (AvgIpc) is 3.05. The zero-order valence-electron chi connectivity index (χ0n) is 20.1. The molecular weight excluding hydrogens is 422 g/mol. The van der Waals surface area contributed by atoms with Gasteiger partial charge in [0.15, 0.2) is 14.1 Å². The quantitative estimate of drug-likeness (QED) is 0.419. The molecule has 1 aliphatic heterocycles. The van der Waals surface area contributed by atoms with E-state index in [1.807, 2.05) is 23.1 Å². The Hall–Kier alpha value is -2.25. The summed E-state index contributed by atoms with van der Waals surface area (Å²) in [6.07, 6.45) is 3.33. The van der Waals surface area contributed by atoms with E-state index >= 15 is 0 Å². The van der Waals surface area contributed by atoms with Crippen LogP contribution in [-0.2, 0) is 14.0 Å². The molecule has 1 fully saturated rings. The third-order valence-corrected chi connectivity index (χ3v) is 11.2. The number of aliphatic carboxylic acids is 1. The van der Waals surface area contributed by atoms with Crippen molar-refractivity contribution in [1.82, 2.24) is 4.90 Å². The molecule has 0 unspecified atom stereocenters. The van der Waals surface area contributed by atoms with Crippen molar-refractivity contribution in [2.45, 2.75) is 77.2 Å². The van der Waals surface area contributed by atoms with Gasteiger partial charge in [0.05, 0.1) is 18.6 Å². The largest absolute Gasteiger partial charge is 0.481 e. The fourth-order valence-electron chi connectivity index (χ4n) is 3.69. The monoisotopic (exact) mass is 459 g/mol. The van der Waals surface area contributed by atoms with Gasteiger partial charge in [0, 0.05) is 18.5 Å². The van der Waals surface area contributed by atoms with E-state index in [-0.39, 0.29) is 41.5 Å². The lowest BCUT2D eigenvalue weighted by atomic mass is 10.0. The lowest BCUT2D eigenvalue weighted by Gasteiger charge is -2.38. The standard InChI is InChI=1S/C25H37NO5Si/c1-18-14-15-26(24(30)19-10-8-7-9-11-19)22(18)13-12-20(27)16-21(17-23(28)29)31-32(5,6)25(2,3)4/h7-13,18,21-22H,14-17H2,1-6H3,(H,28,29)/t18-,21+,22+/m0/s1. The summed E-state index contributed by atoms with van der Waals surface area (Å²) in [6.45, 7) is 13.1. The van der Waals surface area contributed by atoms with Gasteiger partial charge in [-0.25, -0.2) is 0 Å². The predicted molar refractivity (Wildman–Crippen MR) is 128 cm³/mol. The van der Waals surface area contributed by atoms with Crippen LogP contribution in [0.25, 0.3) is 0 Å². The number of allylic oxidation sites excluding steroid dienone is 1. The van der Waals surface area contributed by atoms with E-state index in [1.165, 1.54) is 6.08 Å². The molecule has 0 aromatic heterocycles. The second-order valence-corrected chi connectivity index (χ2v) is 15.0. The Bertz CT molecular complexity index is 844. The molecule has 0 aliphatic carbocycles. The number of ketones is 1. The number of hydrogen-bond donors (Lipinski definition) is 1. The van der Waals surface area contributed by atoms with Crippen molar-refractivity contribution in [3.05, 3.63) is 48.0 Å². The average molecular weight is 460 g/mol. The van der Waals surface area contributed by atoms with Gasteiger partial charge in [0.2, 0.25) is 0 Å². The van der Waals surface area contributed by atoms with Gasteiger partial charge in [0.25, 0.3) is 5.91 Å². The zero-order valence-corrected chi connectivity index (χ0v) is 21.1. The van der Waals surface area contributed by atoms with Gasteiger partial charge in [-0.3, -0.25) is 14.4 Å². The molecule has 0 spiro atoms. The molecule has 176 valence electrons. The van der Waals surface area contributed by atoms with Crippen LogP contribution in [0.4, 0.5) is 0 Å². The summed E-state index contributed by atoms with van der Waals surface area (Å²) in [6, 6.07) is 8.99. The van der Waals surface area contributed by atoms with Crippen LogP contribution in [0, 0.1) is 5.92 Å². The lowest BCUT2D eigenvalue weighted by Crippen LogP contribution is -2.44. The summed E-state index contributed by atoms with van der Waals surface area (Å²) in [5.74, 6) is -0.956. The van der Waals surface area contributed by atoms with Crippen LogP contribution in [0.1, 0.15) is 57.3 Å². The highest BCUT2D eigenvalue weighted by molar-refractivity contribution is 6.74. The molecule has 0 saturated carbocycles. The lowest BCUT2D eigenvalue weighted by molar-refractivity contribution is -0.139. The van der Waals surface area contributed by atoms with Crippen LogP contribution in [0.3, 0.4) is 0 Å². The number of benzene rings is 1. The smallest absolute Gasteiger partial charge is 0.305 e. The van der Waals surface area contributed by atoms with E-state index in [0.717, 1.165) is 6.42 Å². The summed E-state index contributed by atoms with van der Waals surface area (Å²) in [4.78, 5) is 38.8. The molecule has 6 nitrogen and oxygen atoms in total. The highest BCUT2D eigenvalue weighted by Crippen LogP contribution is 2.38. The van der Waals surface area contributed by atoms with E-state index in [9.17, 15) is 19.5 Å². The van der Waals surface area contributed by atoms with Crippen molar-refractivity contribution in [3.63, 3.8) is 0 Å². The van der Waals surface area contributed by atoms with Crippen molar-refractivity contribution >= 4 is 26.0 Å².